The molecule has 33 heavy (non-hydrogen) atoms. The third kappa shape index (κ3) is 5.71. The van der Waals surface area contributed by atoms with E-state index in [1.54, 1.807) is 51.1 Å². The van der Waals surface area contributed by atoms with Crippen molar-refractivity contribution in [2.45, 2.75) is 31.3 Å². The number of carbonyl (C=O) groups excluding carboxylic acids is 1. The molecule has 4 N–H and O–H groups in total. The molecule has 0 atom stereocenters. The molecule has 0 bridgehead atoms. The topological polar surface area (TPSA) is 138 Å². The van der Waals surface area contributed by atoms with Crippen molar-refractivity contribution in [3.63, 3.8) is 0 Å². The van der Waals surface area contributed by atoms with Crippen LogP contribution in [0, 0.1) is 5.41 Å². The molecule has 0 spiro atoms. The third-order valence-corrected chi connectivity index (χ3v) is 6.46. The van der Waals surface area contributed by atoms with Gasteiger partial charge in [-0.25, -0.2) is 13.4 Å². The number of guanidine groups is 1. The van der Waals surface area contributed by atoms with Crippen molar-refractivity contribution < 1.29 is 17.9 Å². The predicted octanol–water partition coefficient (Wildman–Crippen LogP) is 3.73. The molecular weight excluding hydrogens is 466 g/mol. The normalized spacial score (nSPS) is 11.8. The van der Waals surface area contributed by atoms with Crippen LogP contribution < -0.4 is 15.4 Å². The Labute approximate surface area is 197 Å². The lowest BCUT2D eigenvalue weighted by molar-refractivity contribution is -0.152. The number of benzene rings is 2. The van der Waals surface area contributed by atoms with Crippen LogP contribution in [0.15, 0.2) is 59.6 Å². The number of nitrogens with zero attached hydrogens (tertiary/aromatic N) is 2. The fourth-order valence-electron chi connectivity index (χ4n) is 3.10. The minimum absolute atomic E-state index is 0.0990. The van der Waals surface area contributed by atoms with E-state index >= 15 is 0 Å². The molecule has 11 heteroatoms. The van der Waals surface area contributed by atoms with Gasteiger partial charge in [-0.3, -0.25) is 14.5 Å². The second-order valence-electron chi connectivity index (χ2n) is 8.13. The first kappa shape index (κ1) is 24.3. The van der Waals surface area contributed by atoms with Crippen LogP contribution in [0.2, 0.25) is 5.02 Å². The standard InChI is InChI=1S/C22H24ClN5O4S/c1-22(2,3)32-19(29)13-28(14-7-5-4-6-8-14)33(30,31)15-9-10-16-17(11-15)20(27-21(24)25)26-12-18(16)23/h4-12H,13H2,1-3H3,(H4,24,25,26,27). The molecule has 0 aliphatic carbocycles. The Hall–Kier alpha value is -3.37. The number of esters is 1. The first-order valence-corrected chi connectivity index (χ1v) is 11.7. The van der Waals surface area contributed by atoms with Crippen molar-refractivity contribution >= 4 is 55.8 Å². The molecular formula is C22H24ClN5O4S. The summed E-state index contributed by atoms with van der Waals surface area (Å²) in [6, 6.07) is 12.6. The van der Waals surface area contributed by atoms with Crippen molar-refractivity contribution in [1.29, 1.82) is 5.41 Å². The van der Waals surface area contributed by atoms with E-state index in [-0.39, 0.29) is 16.7 Å². The number of hydrogen-bond acceptors (Lipinski definition) is 6. The lowest BCUT2D eigenvalue weighted by Gasteiger charge is -2.26. The zero-order valence-electron chi connectivity index (χ0n) is 18.3. The van der Waals surface area contributed by atoms with Crippen LogP contribution in [0.5, 0.6) is 0 Å². The van der Waals surface area contributed by atoms with Gasteiger partial charge < -0.3 is 15.8 Å². The predicted molar refractivity (Wildman–Crippen MR) is 129 cm³/mol. The van der Waals surface area contributed by atoms with Crippen molar-refractivity contribution in [2.75, 3.05) is 16.2 Å². The number of aromatic nitrogens is 1. The van der Waals surface area contributed by atoms with Gasteiger partial charge in [-0.1, -0.05) is 35.9 Å². The van der Waals surface area contributed by atoms with Gasteiger partial charge in [0.15, 0.2) is 5.96 Å². The van der Waals surface area contributed by atoms with Crippen molar-refractivity contribution in [3.8, 4) is 0 Å². The summed E-state index contributed by atoms with van der Waals surface area (Å²) >= 11 is 6.22. The molecule has 0 saturated heterocycles. The monoisotopic (exact) mass is 489 g/mol. The van der Waals surface area contributed by atoms with Crippen LogP contribution in [-0.4, -0.2) is 37.5 Å². The molecule has 0 aliphatic heterocycles. The number of pyridine rings is 1. The molecule has 174 valence electrons. The Bertz CT molecular complexity index is 1310. The molecule has 0 radical (unpaired) electrons. The number of ether oxygens (including phenoxy) is 1. The van der Waals surface area contributed by atoms with E-state index < -0.39 is 28.1 Å². The molecule has 1 heterocycles. The maximum Gasteiger partial charge on any atom is 0.327 e. The number of rotatable bonds is 6. The summed E-state index contributed by atoms with van der Waals surface area (Å²) in [6.45, 7) is 4.59. The number of halogens is 1. The van der Waals surface area contributed by atoms with Gasteiger partial charge in [0.2, 0.25) is 0 Å². The zero-order chi connectivity index (χ0) is 24.4. The minimum atomic E-state index is -4.21. The SMILES string of the molecule is CC(C)(C)OC(=O)CN(c1ccccc1)S(=O)(=O)c1ccc2c(Cl)cnc(NC(=N)N)c2c1. The van der Waals surface area contributed by atoms with Crippen molar-refractivity contribution in [2.24, 2.45) is 5.73 Å². The van der Waals surface area contributed by atoms with Crippen LogP contribution in [0.4, 0.5) is 11.5 Å². The first-order valence-electron chi connectivity index (χ1n) is 9.87. The summed E-state index contributed by atoms with van der Waals surface area (Å²) in [7, 11) is -4.21. The first-order chi connectivity index (χ1) is 15.4. The quantitative estimate of drug-likeness (QED) is 0.272. The van der Waals surface area contributed by atoms with Crippen LogP contribution in [0.1, 0.15) is 20.8 Å². The summed E-state index contributed by atoms with van der Waals surface area (Å²) in [4.78, 5) is 16.6. The highest BCUT2D eigenvalue weighted by molar-refractivity contribution is 7.92. The lowest BCUT2D eigenvalue weighted by atomic mass is 10.1. The number of anilines is 2. The second-order valence-corrected chi connectivity index (χ2v) is 10.4. The Kier molecular flexibility index (Phi) is 6.80. The molecule has 0 fully saturated rings. The van der Waals surface area contributed by atoms with Gasteiger partial charge in [0.1, 0.15) is 18.0 Å². The van der Waals surface area contributed by atoms with E-state index in [0.717, 1.165) is 4.31 Å². The summed E-state index contributed by atoms with van der Waals surface area (Å²) in [5.74, 6) is -0.882. The number of sulfonamides is 1. The summed E-state index contributed by atoms with van der Waals surface area (Å²) in [5, 5.41) is 11.2. The molecule has 9 nitrogen and oxygen atoms in total. The molecule has 0 saturated carbocycles. The summed E-state index contributed by atoms with van der Waals surface area (Å²) < 4.78 is 33.7. The van der Waals surface area contributed by atoms with Crippen LogP contribution in [-0.2, 0) is 19.6 Å². The van der Waals surface area contributed by atoms with Crippen molar-refractivity contribution in [1.82, 2.24) is 4.98 Å². The maximum atomic E-state index is 13.7. The highest BCUT2D eigenvalue weighted by Crippen LogP contribution is 2.32. The Morgan fingerprint density at radius 1 is 1.18 bits per heavy atom. The van der Waals surface area contributed by atoms with E-state index in [9.17, 15) is 13.2 Å². The zero-order valence-corrected chi connectivity index (χ0v) is 19.9. The summed E-state index contributed by atoms with van der Waals surface area (Å²) in [6.07, 6.45) is 1.38. The molecule has 0 aliphatic rings. The van der Waals surface area contributed by atoms with Crippen LogP contribution in [0.3, 0.4) is 0 Å². The molecule has 1 aromatic heterocycles. The van der Waals surface area contributed by atoms with E-state index in [1.165, 1.54) is 24.4 Å². The maximum absolute atomic E-state index is 13.7. The van der Waals surface area contributed by atoms with E-state index in [2.05, 4.69) is 10.3 Å². The Morgan fingerprint density at radius 2 is 1.85 bits per heavy atom. The second kappa shape index (κ2) is 9.24. The van der Waals surface area contributed by atoms with E-state index in [0.29, 0.717) is 21.5 Å². The largest absolute Gasteiger partial charge is 0.459 e. The number of nitrogens with one attached hydrogen (secondary N) is 2. The minimum Gasteiger partial charge on any atom is -0.459 e. The van der Waals surface area contributed by atoms with Gasteiger partial charge in [0, 0.05) is 17.0 Å². The van der Waals surface area contributed by atoms with Crippen LogP contribution >= 0.6 is 11.6 Å². The average Bonchev–Trinajstić information content (AvgIpc) is 2.73. The number of nitrogens with two attached hydrogens (primary N) is 1. The molecule has 2 aromatic carbocycles. The molecule has 3 rings (SSSR count). The van der Waals surface area contributed by atoms with Crippen LogP contribution in [0.25, 0.3) is 10.8 Å². The van der Waals surface area contributed by atoms with Gasteiger partial charge in [0.25, 0.3) is 10.0 Å². The van der Waals surface area contributed by atoms with Crippen molar-refractivity contribution in [3.05, 3.63) is 59.8 Å². The Balaban J connectivity index is 2.12. The molecule has 0 unspecified atom stereocenters. The van der Waals surface area contributed by atoms with Gasteiger partial charge in [-0.05, 0) is 45.0 Å². The highest BCUT2D eigenvalue weighted by Gasteiger charge is 2.30. The van der Waals surface area contributed by atoms with E-state index in [1.807, 2.05) is 0 Å². The van der Waals surface area contributed by atoms with Gasteiger partial charge in [0.05, 0.1) is 15.6 Å². The van der Waals surface area contributed by atoms with Gasteiger partial charge in [-0.2, -0.15) is 0 Å². The van der Waals surface area contributed by atoms with Gasteiger partial charge >= 0.3 is 5.97 Å². The molecule has 0 amide bonds. The Morgan fingerprint density at radius 3 is 2.45 bits per heavy atom. The number of fused-ring (bicyclic) bond motifs is 1. The fourth-order valence-corrected chi connectivity index (χ4v) is 4.75. The number of carbonyl (C=O) groups is 1. The van der Waals surface area contributed by atoms with E-state index in [4.69, 9.17) is 27.5 Å². The smallest absolute Gasteiger partial charge is 0.327 e. The summed E-state index contributed by atoms with van der Waals surface area (Å²) in [5.41, 5.74) is 4.95. The lowest BCUT2D eigenvalue weighted by Crippen LogP contribution is -2.38. The molecule has 3 aromatic rings. The van der Waals surface area contributed by atoms with Gasteiger partial charge in [-0.15, -0.1) is 0 Å². The number of para-hydroxylation sites is 1. The highest BCUT2D eigenvalue weighted by atomic mass is 35.5. The fraction of sp³-hybridized carbons (Fsp3) is 0.227. The average molecular weight is 490 g/mol. The third-order valence-electron chi connectivity index (χ3n) is 4.39. The number of hydrogen-bond donors (Lipinski definition) is 3.